The molecule has 1 aromatic heterocycles. The van der Waals surface area contributed by atoms with Crippen molar-refractivity contribution in [2.45, 2.75) is 45.9 Å². The van der Waals surface area contributed by atoms with Gasteiger partial charge in [-0.15, -0.1) is 0 Å². The fourth-order valence-corrected chi connectivity index (χ4v) is 4.42. The summed E-state index contributed by atoms with van der Waals surface area (Å²) in [7, 11) is 0. The first kappa shape index (κ1) is 30.2. The summed E-state index contributed by atoms with van der Waals surface area (Å²) in [5, 5.41) is 21.1. The zero-order chi connectivity index (χ0) is 28.2. The Labute approximate surface area is 234 Å². The Morgan fingerprint density at radius 3 is 2.36 bits per heavy atom. The molecule has 0 saturated carbocycles. The first-order valence-electron chi connectivity index (χ1n) is 13.3. The van der Waals surface area contributed by atoms with Crippen molar-refractivity contribution < 1.29 is 19.7 Å². The molecular formula is C28H38ClN5O5. The summed E-state index contributed by atoms with van der Waals surface area (Å²) in [5.74, 6) is 0.438. The van der Waals surface area contributed by atoms with Crippen molar-refractivity contribution in [2.75, 3.05) is 44.2 Å². The number of aliphatic hydroxyl groups excluding tert-OH is 1. The zero-order valence-electron chi connectivity index (χ0n) is 22.6. The van der Waals surface area contributed by atoms with E-state index in [0.29, 0.717) is 19.7 Å². The van der Waals surface area contributed by atoms with Gasteiger partial charge in [0, 0.05) is 56.4 Å². The first-order valence-corrected chi connectivity index (χ1v) is 13.6. The molecule has 1 fully saturated rings. The maximum absolute atomic E-state index is 12.9. The number of rotatable bonds is 11. The van der Waals surface area contributed by atoms with Gasteiger partial charge in [0.25, 0.3) is 0 Å². The molecule has 1 unspecified atom stereocenters. The molecule has 1 aliphatic heterocycles. The number of aromatic nitrogens is 3. The average Bonchev–Trinajstić information content (AvgIpc) is 3.24. The fourth-order valence-electron chi connectivity index (χ4n) is 4.24. The van der Waals surface area contributed by atoms with E-state index in [2.05, 4.69) is 21.0 Å². The third-order valence-corrected chi connectivity index (χ3v) is 6.62. The second-order valence-electron chi connectivity index (χ2n) is 9.26. The smallest absolute Gasteiger partial charge is 0.346 e. The molecule has 2 heterocycles. The van der Waals surface area contributed by atoms with E-state index in [1.165, 1.54) is 12.6 Å². The Morgan fingerprint density at radius 2 is 1.74 bits per heavy atom. The van der Waals surface area contributed by atoms with Gasteiger partial charge in [0.05, 0.1) is 6.54 Å². The first-order chi connectivity index (χ1) is 18.8. The van der Waals surface area contributed by atoms with Gasteiger partial charge < -0.3 is 19.8 Å². The molecule has 39 heavy (non-hydrogen) atoms. The van der Waals surface area contributed by atoms with Crippen LogP contribution in [0.2, 0.25) is 5.02 Å². The van der Waals surface area contributed by atoms with Crippen molar-refractivity contribution in [1.82, 2.24) is 19.2 Å². The van der Waals surface area contributed by atoms with Gasteiger partial charge in [-0.3, -0.25) is 9.47 Å². The molecule has 1 atom stereocenters. The summed E-state index contributed by atoms with van der Waals surface area (Å²) in [6.45, 7) is 9.74. The Hall–Kier alpha value is -3.34. The number of para-hydroxylation sites is 1. The number of halogens is 1. The molecule has 0 bridgehead atoms. The second kappa shape index (κ2) is 15.3. The van der Waals surface area contributed by atoms with E-state index in [1.54, 1.807) is 9.25 Å². The lowest BCUT2D eigenvalue weighted by Gasteiger charge is -2.36. The summed E-state index contributed by atoms with van der Waals surface area (Å²) in [6, 6.07) is 17.7. The molecule has 10 nitrogen and oxygen atoms in total. The number of piperazine rings is 1. The third kappa shape index (κ3) is 9.42. The predicted molar refractivity (Wildman–Crippen MR) is 152 cm³/mol. The number of nitrogens with zero attached hydrogens (tertiary/aromatic N) is 5. The van der Waals surface area contributed by atoms with Gasteiger partial charge in [-0.25, -0.2) is 14.3 Å². The van der Waals surface area contributed by atoms with Crippen LogP contribution in [0.15, 0.2) is 59.4 Å². The van der Waals surface area contributed by atoms with Crippen LogP contribution in [0.4, 0.5) is 5.69 Å². The highest BCUT2D eigenvalue weighted by atomic mass is 35.5. The van der Waals surface area contributed by atoms with E-state index < -0.39 is 12.1 Å². The van der Waals surface area contributed by atoms with Crippen LogP contribution in [0.1, 0.15) is 26.1 Å². The molecule has 3 aromatic rings. The quantitative estimate of drug-likeness (QED) is 0.369. The van der Waals surface area contributed by atoms with Crippen molar-refractivity contribution in [2.24, 2.45) is 0 Å². The molecule has 0 amide bonds. The van der Waals surface area contributed by atoms with E-state index in [4.69, 9.17) is 26.6 Å². The summed E-state index contributed by atoms with van der Waals surface area (Å²) in [4.78, 5) is 27.2. The van der Waals surface area contributed by atoms with E-state index in [-0.39, 0.29) is 5.69 Å². The number of anilines is 1. The lowest BCUT2D eigenvalue weighted by Crippen LogP contribution is -2.46. The monoisotopic (exact) mass is 559 g/mol. The second-order valence-corrected chi connectivity index (χ2v) is 9.70. The number of aryl methyl sites for hydroxylation is 2. The Bertz CT molecular complexity index is 1220. The van der Waals surface area contributed by atoms with E-state index in [1.807, 2.05) is 55.5 Å². The minimum Gasteiger partial charge on any atom is -0.492 e. The molecule has 11 heteroatoms. The Kier molecular flexibility index (Phi) is 11.9. The molecular weight excluding hydrogens is 522 g/mol. The molecule has 1 aliphatic rings. The number of carboxylic acid groups (broad SMARTS) is 1. The van der Waals surface area contributed by atoms with Gasteiger partial charge in [0.1, 0.15) is 24.3 Å². The minimum atomic E-state index is -1.23. The van der Waals surface area contributed by atoms with Crippen LogP contribution in [0.3, 0.4) is 0 Å². The van der Waals surface area contributed by atoms with Gasteiger partial charge in [-0.2, -0.15) is 5.10 Å². The minimum absolute atomic E-state index is 0.0470. The Morgan fingerprint density at radius 1 is 1.05 bits per heavy atom. The molecule has 2 aromatic carbocycles. The summed E-state index contributed by atoms with van der Waals surface area (Å²) < 4.78 is 9.12. The van der Waals surface area contributed by atoms with Gasteiger partial charge in [-0.05, 0) is 43.7 Å². The van der Waals surface area contributed by atoms with Crippen LogP contribution in [0.5, 0.6) is 5.75 Å². The van der Waals surface area contributed by atoms with Crippen LogP contribution in [0, 0.1) is 0 Å². The molecule has 1 saturated heterocycles. The number of aliphatic carboxylic acids is 1. The van der Waals surface area contributed by atoms with Crippen molar-refractivity contribution >= 4 is 23.3 Å². The van der Waals surface area contributed by atoms with Crippen LogP contribution >= 0.6 is 11.6 Å². The maximum atomic E-state index is 12.9. The van der Waals surface area contributed by atoms with Crippen LogP contribution in [-0.2, 0) is 24.3 Å². The number of carbonyl (C=O) groups is 1. The molecule has 0 radical (unpaired) electrons. The number of aliphatic hydroxyl groups is 1. The third-order valence-electron chi connectivity index (χ3n) is 6.39. The van der Waals surface area contributed by atoms with Gasteiger partial charge >= 0.3 is 11.7 Å². The topological polar surface area (TPSA) is 113 Å². The highest BCUT2D eigenvalue weighted by Gasteiger charge is 2.18. The summed E-state index contributed by atoms with van der Waals surface area (Å²) in [6.07, 6.45) is 0.390. The maximum Gasteiger partial charge on any atom is 0.346 e. The standard InChI is InChI=1S/C25H32ClN5O2.C3H6O3/c1-2-24-27-31(25(32)30(24)18-19-33-23-10-4-3-5-11-23)13-7-12-28-14-16-29(17-15-28)22-9-6-8-21(26)20-22;1-2(4)3(5)6/h3-6,8-11,20H,2,7,12-19H2,1H3;2,4H,1H3,(H,5,6). The normalized spacial score (nSPS) is 14.4. The number of benzene rings is 2. The summed E-state index contributed by atoms with van der Waals surface area (Å²) in [5.41, 5.74) is 1.14. The van der Waals surface area contributed by atoms with Crippen molar-refractivity contribution in [3.8, 4) is 5.75 Å². The molecule has 0 aliphatic carbocycles. The highest BCUT2D eigenvalue weighted by molar-refractivity contribution is 6.30. The van der Waals surface area contributed by atoms with Gasteiger partial charge in [0.15, 0.2) is 0 Å². The van der Waals surface area contributed by atoms with Crippen molar-refractivity contribution in [3.05, 3.63) is 75.9 Å². The summed E-state index contributed by atoms with van der Waals surface area (Å²) >= 11 is 6.13. The molecule has 2 N–H and O–H groups in total. The molecule has 212 valence electrons. The van der Waals surface area contributed by atoms with Crippen molar-refractivity contribution in [1.29, 1.82) is 0 Å². The lowest BCUT2D eigenvalue weighted by atomic mass is 10.2. The Balaban J connectivity index is 0.000000631. The van der Waals surface area contributed by atoms with Crippen molar-refractivity contribution in [3.63, 3.8) is 0 Å². The zero-order valence-corrected chi connectivity index (χ0v) is 23.3. The largest absolute Gasteiger partial charge is 0.492 e. The average molecular weight is 560 g/mol. The van der Waals surface area contributed by atoms with Gasteiger partial charge in [-0.1, -0.05) is 42.8 Å². The van der Waals surface area contributed by atoms with E-state index in [9.17, 15) is 9.59 Å². The van der Waals surface area contributed by atoms with Crippen LogP contribution in [0.25, 0.3) is 0 Å². The highest BCUT2D eigenvalue weighted by Crippen LogP contribution is 2.20. The van der Waals surface area contributed by atoms with Gasteiger partial charge in [0.2, 0.25) is 0 Å². The predicted octanol–water partition coefficient (Wildman–Crippen LogP) is 3.00. The number of hydrogen-bond donors (Lipinski definition) is 2. The van der Waals surface area contributed by atoms with E-state index >= 15 is 0 Å². The van der Waals surface area contributed by atoms with Crippen LogP contribution < -0.4 is 15.3 Å². The van der Waals surface area contributed by atoms with E-state index in [0.717, 1.165) is 62.2 Å². The SMILES string of the molecule is CC(O)C(=O)O.CCc1nn(CCCN2CCN(c3cccc(Cl)c3)CC2)c(=O)n1CCOc1ccccc1. The molecule has 0 spiro atoms. The number of ether oxygens (including phenoxy) is 1. The lowest BCUT2D eigenvalue weighted by molar-refractivity contribution is -0.145. The fraction of sp³-hybridized carbons (Fsp3) is 0.464. The molecule has 4 rings (SSSR count). The number of hydrogen-bond acceptors (Lipinski definition) is 7. The van der Waals surface area contributed by atoms with Crippen LogP contribution in [-0.4, -0.2) is 80.9 Å². The number of carboxylic acids is 1.